The van der Waals surface area contributed by atoms with Crippen molar-refractivity contribution in [3.05, 3.63) is 75.2 Å². The molecule has 2 aromatic carbocycles. The van der Waals surface area contributed by atoms with E-state index in [0.29, 0.717) is 17.3 Å². The van der Waals surface area contributed by atoms with Crippen LogP contribution in [0.5, 0.6) is 0 Å². The summed E-state index contributed by atoms with van der Waals surface area (Å²) in [6.45, 7) is 3.60. The monoisotopic (exact) mass is 662 g/mol. The molecule has 6 atom stereocenters. The molecule has 2 aliphatic rings. The Bertz CT molecular complexity index is 1820. The first-order chi connectivity index (χ1) is 20.1. The van der Waals surface area contributed by atoms with Gasteiger partial charge in [0.05, 0.1) is 33.7 Å². The number of ether oxygens (including phenoxy) is 2. The van der Waals surface area contributed by atoms with Crippen LogP contribution < -0.4 is 0 Å². The molecule has 3 aromatic heterocycles. The topological polar surface area (TPSA) is 120 Å². The second kappa shape index (κ2) is 10.2. The number of nitrogens with zero attached hydrogens (tertiary/aromatic N) is 6. The predicted octanol–water partition coefficient (Wildman–Crippen LogP) is 4.34. The van der Waals surface area contributed by atoms with E-state index in [0.717, 1.165) is 31.8 Å². The number of thiazole rings is 1. The molecule has 0 saturated carbocycles. The van der Waals surface area contributed by atoms with Gasteiger partial charge in [-0.15, -0.1) is 11.3 Å². The molecule has 5 heterocycles. The van der Waals surface area contributed by atoms with Gasteiger partial charge in [0.1, 0.15) is 42.4 Å². The number of aryl methyl sites for hydroxylation is 2. The fourth-order valence-electron chi connectivity index (χ4n) is 5.61. The molecule has 2 saturated heterocycles. The van der Waals surface area contributed by atoms with Gasteiger partial charge in [-0.2, -0.15) is 10.2 Å². The smallest absolute Gasteiger partial charge is 0.194 e. The molecule has 218 valence electrons. The first-order valence-electron chi connectivity index (χ1n) is 12.9. The van der Waals surface area contributed by atoms with Gasteiger partial charge in [-0.05, 0) is 59.6 Å². The Morgan fingerprint density at radius 3 is 2.55 bits per heavy atom. The van der Waals surface area contributed by atoms with Crippen molar-refractivity contribution < 1.29 is 32.9 Å². The molecule has 0 spiro atoms. The summed E-state index contributed by atoms with van der Waals surface area (Å²) < 4.78 is 58.2. The third kappa shape index (κ3) is 4.46. The van der Waals surface area contributed by atoms with E-state index in [1.807, 2.05) is 19.1 Å². The molecule has 2 aliphatic heterocycles. The van der Waals surface area contributed by atoms with Crippen LogP contribution in [0.1, 0.15) is 28.8 Å². The SMILES string of the molecule is Cc1nc([C@@H]2OC3C(O)CO[C@@H]3C(n3cc(-c4cc(F)c(F)c(F)c4)cn3)C2O)n(-c2cc(Br)c3nc(C)sc3c2)n1. The minimum Gasteiger partial charge on any atom is -0.388 e. The number of rotatable bonds is 4. The van der Waals surface area contributed by atoms with Gasteiger partial charge in [0.15, 0.2) is 23.3 Å². The second-order valence-electron chi connectivity index (χ2n) is 10.3. The van der Waals surface area contributed by atoms with Gasteiger partial charge in [-0.1, -0.05) is 0 Å². The van der Waals surface area contributed by atoms with Crippen molar-refractivity contribution >= 4 is 37.5 Å². The summed E-state index contributed by atoms with van der Waals surface area (Å²) in [7, 11) is 0. The summed E-state index contributed by atoms with van der Waals surface area (Å²) in [5.41, 5.74) is 1.83. The van der Waals surface area contributed by atoms with Crippen LogP contribution in [0.4, 0.5) is 13.2 Å². The maximum absolute atomic E-state index is 13.9. The molecule has 15 heteroatoms. The predicted molar refractivity (Wildman–Crippen MR) is 148 cm³/mol. The highest BCUT2D eigenvalue weighted by atomic mass is 79.9. The number of halogens is 4. The Kier molecular flexibility index (Phi) is 6.71. The fraction of sp³-hybridized carbons (Fsp3) is 0.333. The van der Waals surface area contributed by atoms with Crippen molar-refractivity contribution in [2.45, 2.75) is 50.4 Å². The van der Waals surface area contributed by atoms with Gasteiger partial charge < -0.3 is 19.7 Å². The fourth-order valence-corrected chi connectivity index (χ4v) is 7.16. The number of aliphatic hydroxyl groups is 2. The van der Waals surface area contributed by atoms with Crippen LogP contribution in [0, 0.1) is 31.3 Å². The van der Waals surface area contributed by atoms with E-state index in [9.17, 15) is 23.4 Å². The van der Waals surface area contributed by atoms with Crippen LogP contribution in [0.3, 0.4) is 0 Å². The van der Waals surface area contributed by atoms with Crippen LogP contribution in [-0.2, 0) is 9.47 Å². The summed E-state index contributed by atoms with van der Waals surface area (Å²) in [5, 5.41) is 32.3. The maximum atomic E-state index is 13.9. The van der Waals surface area contributed by atoms with Crippen LogP contribution in [0.15, 0.2) is 41.1 Å². The van der Waals surface area contributed by atoms with E-state index in [1.165, 1.54) is 28.4 Å². The number of benzene rings is 2. The molecule has 0 amide bonds. The largest absolute Gasteiger partial charge is 0.388 e. The number of aliphatic hydroxyl groups excluding tert-OH is 2. The minimum atomic E-state index is -1.57. The summed E-state index contributed by atoms with van der Waals surface area (Å²) in [6.07, 6.45) is -2.19. The van der Waals surface area contributed by atoms with E-state index in [2.05, 4.69) is 36.1 Å². The number of fused-ring (bicyclic) bond motifs is 2. The second-order valence-corrected chi connectivity index (χ2v) is 12.4. The average molecular weight is 663 g/mol. The van der Waals surface area contributed by atoms with Crippen LogP contribution in [0.25, 0.3) is 27.0 Å². The van der Waals surface area contributed by atoms with Crippen LogP contribution >= 0.6 is 27.3 Å². The Hall–Kier alpha value is -3.21. The molecule has 2 N–H and O–H groups in total. The summed E-state index contributed by atoms with van der Waals surface area (Å²) in [5.74, 6) is -3.51. The molecular formula is C27H22BrF3N6O4S. The van der Waals surface area contributed by atoms with Crippen LogP contribution in [-0.4, -0.2) is 70.8 Å². The number of aromatic nitrogens is 6. The summed E-state index contributed by atoms with van der Waals surface area (Å²) in [6, 6.07) is 4.62. The first-order valence-corrected chi connectivity index (χ1v) is 14.5. The van der Waals surface area contributed by atoms with E-state index in [1.54, 1.807) is 11.6 Å². The van der Waals surface area contributed by atoms with Gasteiger partial charge in [0, 0.05) is 16.2 Å². The Morgan fingerprint density at radius 2 is 1.79 bits per heavy atom. The van der Waals surface area contributed by atoms with Crippen molar-refractivity contribution in [1.29, 1.82) is 0 Å². The third-order valence-electron chi connectivity index (χ3n) is 7.46. The maximum Gasteiger partial charge on any atom is 0.194 e. The average Bonchev–Trinajstić information content (AvgIpc) is 3.73. The van der Waals surface area contributed by atoms with Crippen molar-refractivity contribution in [1.82, 2.24) is 29.5 Å². The molecule has 2 fully saturated rings. The highest BCUT2D eigenvalue weighted by Crippen LogP contribution is 2.43. The first kappa shape index (κ1) is 27.6. The lowest BCUT2D eigenvalue weighted by Crippen LogP contribution is -2.52. The van der Waals surface area contributed by atoms with Gasteiger partial charge in [-0.25, -0.2) is 27.8 Å². The molecule has 0 radical (unpaired) electrons. The lowest BCUT2D eigenvalue weighted by atomic mass is 9.91. The molecular weight excluding hydrogens is 641 g/mol. The number of hydrogen-bond acceptors (Lipinski definition) is 9. The highest BCUT2D eigenvalue weighted by Gasteiger charge is 2.54. The zero-order chi connectivity index (χ0) is 29.4. The normalized spacial score (nSPS) is 25.8. The Balaban J connectivity index is 1.30. The number of hydrogen-bond donors (Lipinski definition) is 2. The molecule has 7 rings (SSSR count). The summed E-state index contributed by atoms with van der Waals surface area (Å²) >= 11 is 5.12. The third-order valence-corrected chi connectivity index (χ3v) is 8.99. The zero-order valence-electron chi connectivity index (χ0n) is 21.9. The minimum absolute atomic E-state index is 0.0339. The van der Waals surface area contributed by atoms with Crippen LogP contribution in [0.2, 0.25) is 0 Å². The quantitative estimate of drug-likeness (QED) is 0.273. The van der Waals surface area contributed by atoms with Gasteiger partial charge >= 0.3 is 0 Å². The van der Waals surface area contributed by atoms with Gasteiger partial charge in [0.2, 0.25) is 0 Å². The summed E-state index contributed by atoms with van der Waals surface area (Å²) in [4.78, 5) is 9.15. The molecule has 5 aromatic rings. The molecule has 0 bridgehead atoms. The lowest BCUT2D eigenvalue weighted by Gasteiger charge is -2.41. The standard InChI is InChI=1S/C27H22BrF3N6O4S/c1-10-33-27(37(35-10)14-5-15(28)21-19(6-14)42-11(2)34-21)26-23(39)22(25-24(41-26)18(38)9-40-25)36-8-13(7-32-36)12-3-16(29)20(31)17(30)4-12/h3-8,18,22-26,38-39H,9H2,1-2H3/t18?,22?,23?,24?,25-,26-/m1/s1. The van der Waals surface area contributed by atoms with E-state index < -0.39 is 54.0 Å². The van der Waals surface area contributed by atoms with Crippen molar-refractivity contribution in [2.75, 3.05) is 6.61 Å². The van der Waals surface area contributed by atoms with E-state index in [4.69, 9.17) is 9.47 Å². The van der Waals surface area contributed by atoms with E-state index >= 15 is 0 Å². The Labute approximate surface area is 248 Å². The molecule has 42 heavy (non-hydrogen) atoms. The molecule has 4 unspecified atom stereocenters. The Morgan fingerprint density at radius 1 is 1.02 bits per heavy atom. The lowest BCUT2D eigenvalue weighted by molar-refractivity contribution is -0.196. The van der Waals surface area contributed by atoms with Gasteiger partial charge in [-0.3, -0.25) is 4.68 Å². The zero-order valence-corrected chi connectivity index (χ0v) is 24.4. The molecule has 10 nitrogen and oxygen atoms in total. The van der Waals surface area contributed by atoms with Crippen molar-refractivity contribution in [3.63, 3.8) is 0 Å². The van der Waals surface area contributed by atoms with Crippen molar-refractivity contribution in [3.8, 4) is 16.8 Å². The highest BCUT2D eigenvalue weighted by molar-refractivity contribution is 9.10. The molecule has 0 aliphatic carbocycles. The van der Waals surface area contributed by atoms with Crippen molar-refractivity contribution in [2.24, 2.45) is 0 Å². The van der Waals surface area contributed by atoms with Gasteiger partial charge in [0.25, 0.3) is 0 Å². The van der Waals surface area contributed by atoms with E-state index in [-0.39, 0.29) is 17.7 Å².